The van der Waals surface area contributed by atoms with Crippen LogP contribution in [0.4, 0.5) is 20.1 Å². The summed E-state index contributed by atoms with van der Waals surface area (Å²) in [6, 6.07) is 6.22. The number of para-hydroxylation sites is 1. The molecule has 4 rings (SSSR count). The van der Waals surface area contributed by atoms with E-state index in [9.17, 15) is 14.4 Å². The number of rotatable bonds is 3. The minimum absolute atomic E-state index is 0.153. The Kier molecular flexibility index (Phi) is 3.71. The van der Waals surface area contributed by atoms with Gasteiger partial charge in [-0.15, -0.1) is 0 Å². The summed E-state index contributed by atoms with van der Waals surface area (Å²) >= 11 is 0. The highest BCUT2D eigenvalue weighted by Crippen LogP contribution is 2.47. The van der Waals surface area contributed by atoms with Gasteiger partial charge < -0.3 is 26.4 Å². The lowest BCUT2D eigenvalue weighted by Crippen LogP contribution is -2.46. The molecule has 1 saturated carbocycles. The highest BCUT2D eigenvalue weighted by atomic mass is 16.4. The van der Waals surface area contributed by atoms with E-state index < -0.39 is 12.1 Å². The van der Waals surface area contributed by atoms with Crippen molar-refractivity contribution in [2.75, 3.05) is 11.9 Å². The average molecular weight is 357 g/mol. The molecule has 0 bridgehead atoms. The number of hydrogen-bond donors (Lipinski definition) is 4. The van der Waals surface area contributed by atoms with Gasteiger partial charge in [0.15, 0.2) is 0 Å². The van der Waals surface area contributed by atoms with Gasteiger partial charge in [0.1, 0.15) is 0 Å². The lowest BCUT2D eigenvalue weighted by atomic mass is 10.1. The Morgan fingerprint density at radius 3 is 2.73 bits per heavy atom. The van der Waals surface area contributed by atoms with Crippen molar-refractivity contribution in [1.82, 2.24) is 14.8 Å². The molecule has 9 nitrogen and oxygen atoms in total. The smallest absolute Gasteiger partial charge is 0.404 e. The number of amides is 4. The lowest BCUT2D eigenvalue weighted by molar-refractivity contribution is 0.179. The Labute approximate surface area is 148 Å². The molecule has 3 atom stereocenters. The number of fused-ring (bicyclic) bond motifs is 2. The van der Waals surface area contributed by atoms with E-state index >= 15 is 0 Å². The molecule has 1 saturated heterocycles. The Hall–Kier alpha value is -3.23. The fourth-order valence-electron chi connectivity index (χ4n) is 3.90. The second-order valence-corrected chi connectivity index (χ2v) is 6.74. The van der Waals surface area contributed by atoms with Crippen LogP contribution in [0.3, 0.4) is 0 Å². The number of nitrogens with zero attached hydrogens (tertiary/aromatic N) is 2. The van der Waals surface area contributed by atoms with Crippen LogP contribution in [0.2, 0.25) is 0 Å². The van der Waals surface area contributed by atoms with Gasteiger partial charge in [0, 0.05) is 24.2 Å². The highest BCUT2D eigenvalue weighted by Gasteiger charge is 2.53. The van der Waals surface area contributed by atoms with Crippen LogP contribution in [0.15, 0.2) is 30.5 Å². The van der Waals surface area contributed by atoms with E-state index in [0.29, 0.717) is 22.5 Å². The number of benzene rings is 1. The molecule has 0 spiro atoms. The van der Waals surface area contributed by atoms with Gasteiger partial charge in [-0.25, -0.2) is 14.4 Å². The quantitative estimate of drug-likeness (QED) is 0.667. The molecule has 26 heavy (non-hydrogen) atoms. The van der Waals surface area contributed by atoms with Gasteiger partial charge >= 0.3 is 18.2 Å². The number of piperidine rings is 1. The van der Waals surface area contributed by atoms with Gasteiger partial charge in [-0.2, -0.15) is 0 Å². The lowest BCUT2D eigenvalue weighted by Gasteiger charge is -2.27. The molecule has 1 aromatic heterocycles. The summed E-state index contributed by atoms with van der Waals surface area (Å²) in [6.07, 6.45) is 2.15. The highest BCUT2D eigenvalue weighted by molar-refractivity contribution is 6.04. The monoisotopic (exact) mass is 357 g/mol. The zero-order chi connectivity index (χ0) is 18.4. The Balaban J connectivity index is 1.57. The molecule has 1 aromatic carbocycles. The van der Waals surface area contributed by atoms with E-state index in [1.54, 1.807) is 23.1 Å². The van der Waals surface area contributed by atoms with Crippen LogP contribution in [0, 0.1) is 5.92 Å². The van der Waals surface area contributed by atoms with Crippen molar-refractivity contribution in [1.29, 1.82) is 0 Å². The fraction of sp³-hybridized carbons (Fsp3) is 0.353. The van der Waals surface area contributed by atoms with Crippen LogP contribution in [0.1, 0.15) is 12.8 Å². The molecular weight excluding hydrogens is 338 g/mol. The second-order valence-electron chi connectivity index (χ2n) is 6.74. The minimum atomic E-state index is -1.10. The summed E-state index contributed by atoms with van der Waals surface area (Å²) in [5.74, 6) is 0.438. The molecule has 2 aromatic rings. The first-order valence-corrected chi connectivity index (χ1v) is 8.41. The predicted octanol–water partition coefficient (Wildman–Crippen LogP) is 1.83. The van der Waals surface area contributed by atoms with Gasteiger partial charge in [0.2, 0.25) is 0 Å². The maximum Gasteiger partial charge on any atom is 0.404 e. The third-order valence-electron chi connectivity index (χ3n) is 5.13. The van der Waals surface area contributed by atoms with E-state index in [2.05, 4.69) is 10.6 Å². The van der Waals surface area contributed by atoms with Gasteiger partial charge in [0.05, 0.1) is 17.2 Å². The Morgan fingerprint density at radius 2 is 2.00 bits per heavy atom. The van der Waals surface area contributed by atoms with E-state index in [-0.39, 0.29) is 24.7 Å². The van der Waals surface area contributed by atoms with Crippen LogP contribution in [0.5, 0.6) is 0 Å². The molecular formula is C17H19N5O4. The van der Waals surface area contributed by atoms with Crippen LogP contribution in [-0.4, -0.2) is 51.4 Å². The number of carbonyl (C=O) groups excluding carboxylic acids is 2. The molecule has 136 valence electrons. The summed E-state index contributed by atoms with van der Waals surface area (Å²) < 4.78 is 1.29. The third-order valence-corrected chi connectivity index (χ3v) is 5.13. The van der Waals surface area contributed by atoms with Crippen molar-refractivity contribution in [3.05, 3.63) is 30.5 Å². The van der Waals surface area contributed by atoms with E-state index in [0.717, 1.165) is 12.8 Å². The maximum absolute atomic E-state index is 12.8. The summed E-state index contributed by atoms with van der Waals surface area (Å²) in [4.78, 5) is 36.9. The average Bonchev–Trinajstić information content (AvgIpc) is 3.11. The topological polar surface area (TPSA) is 130 Å². The standard InChI is InChI=1S/C17H19N5O4/c18-15(23)21-8-12(11-3-1-2-4-13(11)21)20-16(24)22-10(7-19-17(25)26)5-9-6-14(9)22/h1-4,8-10,14,19H,5-7H2,(H2,18,23)(H,20,24)(H,25,26)/t9-,10-,14+/m0/s1. The number of nitrogens with two attached hydrogens (primary N) is 1. The van der Waals surface area contributed by atoms with Crippen LogP contribution >= 0.6 is 0 Å². The number of likely N-dealkylation sites (tertiary alicyclic amines) is 1. The van der Waals surface area contributed by atoms with Crippen LogP contribution in [-0.2, 0) is 0 Å². The summed E-state index contributed by atoms with van der Waals surface area (Å²) in [5.41, 5.74) is 6.52. The predicted molar refractivity (Wildman–Crippen MR) is 94.1 cm³/mol. The molecule has 1 aliphatic carbocycles. The zero-order valence-electron chi connectivity index (χ0n) is 13.9. The first-order valence-electron chi connectivity index (χ1n) is 8.41. The Bertz CT molecular complexity index is 908. The first-order chi connectivity index (χ1) is 12.5. The van der Waals surface area contributed by atoms with Crippen molar-refractivity contribution < 1.29 is 19.5 Å². The van der Waals surface area contributed by atoms with Crippen molar-refractivity contribution >= 4 is 34.7 Å². The molecule has 4 amide bonds. The summed E-state index contributed by atoms with van der Waals surface area (Å²) in [6.45, 7) is 0.207. The van der Waals surface area contributed by atoms with Gasteiger partial charge in [0.25, 0.3) is 0 Å². The van der Waals surface area contributed by atoms with Crippen LogP contribution in [0.25, 0.3) is 10.9 Å². The number of hydrogen-bond acceptors (Lipinski definition) is 3. The molecule has 0 unspecified atom stereocenters. The van der Waals surface area contributed by atoms with Crippen molar-refractivity contribution in [3.63, 3.8) is 0 Å². The van der Waals surface area contributed by atoms with Gasteiger partial charge in [-0.1, -0.05) is 18.2 Å². The number of urea groups is 1. The van der Waals surface area contributed by atoms with Crippen molar-refractivity contribution in [2.24, 2.45) is 11.7 Å². The molecule has 1 aliphatic heterocycles. The van der Waals surface area contributed by atoms with E-state index in [1.807, 2.05) is 6.07 Å². The number of primary amides is 1. The molecule has 2 aliphatic rings. The van der Waals surface area contributed by atoms with Gasteiger partial charge in [-0.05, 0) is 24.8 Å². The number of carbonyl (C=O) groups is 3. The first kappa shape index (κ1) is 16.2. The van der Waals surface area contributed by atoms with E-state index in [1.165, 1.54) is 10.8 Å². The van der Waals surface area contributed by atoms with Crippen molar-refractivity contribution in [3.8, 4) is 0 Å². The second kappa shape index (κ2) is 5.94. The molecule has 2 heterocycles. The third kappa shape index (κ3) is 2.71. The largest absolute Gasteiger partial charge is 0.465 e. The molecule has 0 radical (unpaired) electrons. The number of carboxylic acid groups (broad SMARTS) is 1. The number of anilines is 1. The summed E-state index contributed by atoms with van der Waals surface area (Å²) in [5, 5.41) is 14.7. The fourth-order valence-corrected chi connectivity index (χ4v) is 3.90. The molecule has 2 fully saturated rings. The maximum atomic E-state index is 12.8. The SMILES string of the molecule is NC(=O)n1cc(NC(=O)N2[C@H](CNC(=O)O)C[C@H]3C[C@H]32)c2ccccc21. The van der Waals surface area contributed by atoms with E-state index in [4.69, 9.17) is 10.8 Å². The summed E-state index contributed by atoms with van der Waals surface area (Å²) in [7, 11) is 0. The molecule has 9 heteroatoms. The van der Waals surface area contributed by atoms with Gasteiger partial charge in [-0.3, -0.25) is 4.57 Å². The van der Waals surface area contributed by atoms with Crippen molar-refractivity contribution in [2.45, 2.75) is 24.9 Å². The number of aromatic nitrogens is 1. The number of nitrogens with one attached hydrogen (secondary N) is 2. The Morgan fingerprint density at radius 1 is 1.23 bits per heavy atom. The normalized spacial score (nSPS) is 23.5. The minimum Gasteiger partial charge on any atom is -0.465 e. The van der Waals surface area contributed by atoms with Crippen LogP contribution < -0.4 is 16.4 Å². The zero-order valence-corrected chi connectivity index (χ0v) is 13.9. The molecule has 5 N–H and O–H groups in total.